The summed E-state index contributed by atoms with van der Waals surface area (Å²) >= 11 is 0. The van der Waals surface area contributed by atoms with Gasteiger partial charge in [0.2, 0.25) is 0 Å². The van der Waals surface area contributed by atoms with Crippen molar-refractivity contribution in [3.8, 4) is 11.5 Å². The van der Waals surface area contributed by atoms with Gasteiger partial charge in [-0.1, -0.05) is 12.1 Å². The van der Waals surface area contributed by atoms with Gasteiger partial charge in [-0.25, -0.2) is 4.39 Å². The first-order chi connectivity index (χ1) is 9.67. The number of halogens is 1. The fraction of sp³-hybridized carbons (Fsp3) is 0.250. The summed E-state index contributed by atoms with van der Waals surface area (Å²) in [6.07, 6.45) is -0.543. The summed E-state index contributed by atoms with van der Waals surface area (Å²) in [6.45, 7) is 0. The third-order valence-corrected chi connectivity index (χ3v) is 3.53. The van der Waals surface area contributed by atoms with E-state index >= 15 is 0 Å². The van der Waals surface area contributed by atoms with E-state index in [1.54, 1.807) is 19.2 Å². The molecule has 0 spiro atoms. The number of hydrogen-bond donors (Lipinski definition) is 1. The van der Waals surface area contributed by atoms with Gasteiger partial charge in [0, 0.05) is 12.5 Å². The number of ether oxygens (including phenoxy) is 2. The zero-order chi connectivity index (χ0) is 14.1. The number of hydrogen-bond acceptors (Lipinski definition) is 3. The summed E-state index contributed by atoms with van der Waals surface area (Å²) in [7, 11) is 1.59. The maximum Gasteiger partial charge on any atom is 0.133 e. The summed E-state index contributed by atoms with van der Waals surface area (Å²) in [6, 6.07) is 11.5. The standard InChI is InChI=1S/C16H15FO3/c1-19-12-6-5-10-7-15(16(18)14(10)9-12)20-13-4-2-3-11(17)8-13/h2-6,8-9,15-16,18H,7H2,1H3. The Morgan fingerprint density at radius 2 is 2.00 bits per heavy atom. The van der Waals surface area contributed by atoms with Crippen molar-refractivity contribution in [2.75, 3.05) is 7.11 Å². The molecule has 3 rings (SSSR count). The molecule has 1 aliphatic carbocycles. The molecule has 4 heteroatoms. The van der Waals surface area contributed by atoms with Gasteiger partial charge in [0.25, 0.3) is 0 Å². The SMILES string of the molecule is COc1ccc2c(c1)C(O)C(Oc1cccc(F)c1)C2. The molecule has 2 atom stereocenters. The van der Waals surface area contributed by atoms with Crippen molar-refractivity contribution in [1.82, 2.24) is 0 Å². The highest BCUT2D eigenvalue weighted by molar-refractivity contribution is 5.41. The number of aliphatic hydroxyl groups is 1. The van der Waals surface area contributed by atoms with Crippen molar-refractivity contribution in [2.24, 2.45) is 0 Å². The molecule has 0 aliphatic heterocycles. The van der Waals surface area contributed by atoms with Crippen LogP contribution in [0, 0.1) is 5.82 Å². The lowest BCUT2D eigenvalue weighted by molar-refractivity contribution is 0.0491. The lowest BCUT2D eigenvalue weighted by Gasteiger charge is -2.17. The molecule has 3 nitrogen and oxygen atoms in total. The zero-order valence-electron chi connectivity index (χ0n) is 11.0. The van der Waals surface area contributed by atoms with Crippen LogP contribution >= 0.6 is 0 Å². The predicted octanol–water partition coefficient (Wildman–Crippen LogP) is 2.87. The van der Waals surface area contributed by atoms with Crippen molar-refractivity contribution < 1.29 is 19.0 Å². The first kappa shape index (κ1) is 12.9. The van der Waals surface area contributed by atoms with Crippen LogP contribution in [-0.4, -0.2) is 18.3 Å². The summed E-state index contributed by atoms with van der Waals surface area (Å²) in [5.41, 5.74) is 1.84. The second-order valence-electron chi connectivity index (χ2n) is 4.83. The van der Waals surface area contributed by atoms with E-state index in [0.29, 0.717) is 17.9 Å². The second-order valence-corrected chi connectivity index (χ2v) is 4.83. The van der Waals surface area contributed by atoms with E-state index in [-0.39, 0.29) is 5.82 Å². The summed E-state index contributed by atoms with van der Waals surface area (Å²) < 4.78 is 24.0. The third-order valence-electron chi connectivity index (χ3n) is 3.53. The number of aliphatic hydroxyl groups excluding tert-OH is 1. The number of rotatable bonds is 3. The summed E-state index contributed by atoms with van der Waals surface area (Å²) in [5.74, 6) is 0.775. The maximum atomic E-state index is 13.1. The van der Waals surface area contributed by atoms with Gasteiger partial charge in [-0.05, 0) is 35.4 Å². The molecule has 0 radical (unpaired) electrons. The van der Waals surface area contributed by atoms with E-state index in [1.165, 1.54) is 12.1 Å². The first-order valence-electron chi connectivity index (χ1n) is 6.44. The molecule has 2 aromatic carbocycles. The minimum Gasteiger partial charge on any atom is -0.497 e. The summed E-state index contributed by atoms with van der Waals surface area (Å²) in [5, 5.41) is 10.3. The normalized spacial score (nSPS) is 20.6. The maximum absolute atomic E-state index is 13.1. The molecular formula is C16H15FO3. The van der Waals surface area contributed by atoms with Gasteiger partial charge in [-0.2, -0.15) is 0 Å². The molecule has 0 heterocycles. The van der Waals surface area contributed by atoms with Gasteiger partial charge in [0.05, 0.1) is 7.11 Å². The van der Waals surface area contributed by atoms with Crippen molar-refractivity contribution >= 4 is 0 Å². The van der Waals surface area contributed by atoms with Crippen LogP contribution in [0.3, 0.4) is 0 Å². The van der Waals surface area contributed by atoms with Crippen LogP contribution in [0.25, 0.3) is 0 Å². The molecule has 2 unspecified atom stereocenters. The van der Waals surface area contributed by atoms with E-state index in [2.05, 4.69) is 0 Å². The van der Waals surface area contributed by atoms with Crippen LogP contribution in [0.1, 0.15) is 17.2 Å². The molecule has 1 N–H and O–H groups in total. The monoisotopic (exact) mass is 274 g/mol. The Bertz CT molecular complexity index is 627. The fourth-order valence-corrected chi connectivity index (χ4v) is 2.51. The fourth-order valence-electron chi connectivity index (χ4n) is 2.51. The van der Waals surface area contributed by atoms with Crippen molar-refractivity contribution in [1.29, 1.82) is 0 Å². The summed E-state index contributed by atoms with van der Waals surface area (Å²) in [4.78, 5) is 0. The van der Waals surface area contributed by atoms with E-state index in [0.717, 1.165) is 11.1 Å². The number of methoxy groups -OCH3 is 1. The largest absolute Gasteiger partial charge is 0.497 e. The van der Waals surface area contributed by atoms with Crippen molar-refractivity contribution in [3.63, 3.8) is 0 Å². The molecule has 0 saturated carbocycles. The second kappa shape index (κ2) is 5.13. The Hall–Kier alpha value is -2.07. The smallest absolute Gasteiger partial charge is 0.133 e. The molecule has 2 aromatic rings. The number of fused-ring (bicyclic) bond motifs is 1. The van der Waals surface area contributed by atoms with Crippen LogP contribution in [0.15, 0.2) is 42.5 Å². The van der Waals surface area contributed by atoms with Gasteiger partial charge >= 0.3 is 0 Å². The lowest BCUT2D eigenvalue weighted by atomic mass is 10.1. The molecule has 0 fully saturated rings. The lowest BCUT2D eigenvalue weighted by Crippen LogP contribution is -2.21. The molecule has 0 saturated heterocycles. The topological polar surface area (TPSA) is 38.7 Å². The van der Waals surface area contributed by atoms with Crippen molar-refractivity contribution in [3.05, 3.63) is 59.4 Å². The van der Waals surface area contributed by atoms with Crippen molar-refractivity contribution in [2.45, 2.75) is 18.6 Å². The molecule has 0 amide bonds. The van der Waals surface area contributed by atoms with Gasteiger partial charge in [0.1, 0.15) is 29.5 Å². The van der Waals surface area contributed by atoms with Crippen LogP contribution < -0.4 is 9.47 Å². The molecule has 20 heavy (non-hydrogen) atoms. The predicted molar refractivity (Wildman–Crippen MR) is 72.5 cm³/mol. The minimum atomic E-state index is -0.733. The molecule has 0 aromatic heterocycles. The Morgan fingerprint density at radius 3 is 2.75 bits per heavy atom. The average Bonchev–Trinajstić information content (AvgIpc) is 2.75. The molecule has 0 bridgehead atoms. The Morgan fingerprint density at radius 1 is 1.15 bits per heavy atom. The highest BCUT2D eigenvalue weighted by Crippen LogP contribution is 2.36. The van der Waals surface area contributed by atoms with Crippen LogP contribution in [0.2, 0.25) is 0 Å². The number of benzene rings is 2. The Labute approximate surface area is 116 Å². The first-order valence-corrected chi connectivity index (χ1v) is 6.44. The molecule has 1 aliphatic rings. The molecular weight excluding hydrogens is 259 g/mol. The van der Waals surface area contributed by atoms with Gasteiger partial charge in [-0.15, -0.1) is 0 Å². The minimum absolute atomic E-state index is 0.353. The van der Waals surface area contributed by atoms with Crippen LogP contribution in [0.4, 0.5) is 4.39 Å². The van der Waals surface area contributed by atoms with Crippen LogP contribution in [0.5, 0.6) is 11.5 Å². The average molecular weight is 274 g/mol. The van der Waals surface area contributed by atoms with Gasteiger partial charge in [0.15, 0.2) is 0 Å². The molecule has 104 valence electrons. The third kappa shape index (κ3) is 2.34. The van der Waals surface area contributed by atoms with E-state index in [1.807, 2.05) is 18.2 Å². The Balaban J connectivity index is 1.81. The quantitative estimate of drug-likeness (QED) is 0.935. The van der Waals surface area contributed by atoms with E-state index in [4.69, 9.17) is 9.47 Å². The van der Waals surface area contributed by atoms with E-state index < -0.39 is 12.2 Å². The highest BCUT2D eigenvalue weighted by atomic mass is 19.1. The van der Waals surface area contributed by atoms with Crippen LogP contribution in [-0.2, 0) is 6.42 Å². The van der Waals surface area contributed by atoms with Gasteiger partial charge < -0.3 is 14.6 Å². The zero-order valence-corrected chi connectivity index (χ0v) is 11.0. The Kier molecular flexibility index (Phi) is 3.32. The van der Waals surface area contributed by atoms with Gasteiger partial charge in [-0.3, -0.25) is 0 Å². The highest BCUT2D eigenvalue weighted by Gasteiger charge is 2.33. The van der Waals surface area contributed by atoms with E-state index in [9.17, 15) is 9.50 Å².